The van der Waals surface area contributed by atoms with Crippen molar-refractivity contribution in [1.82, 2.24) is 10.2 Å². The second-order valence-electron chi connectivity index (χ2n) is 6.99. The number of halogens is 4. The minimum Gasteiger partial charge on any atom is -0.352 e. The van der Waals surface area contributed by atoms with Gasteiger partial charge in [0.1, 0.15) is 6.04 Å². The van der Waals surface area contributed by atoms with Crippen molar-refractivity contribution in [3.63, 3.8) is 0 Å². The summed E-state index contributed by atoms with van der Waals surface area (Å²) in [5.41, 5.74) is 1.28. The molecule has 0 fully saturated rings. The molecule has 2 rings (SSSR count). The van der Waals surface area contributed by atoms with E-state index < -0.39 is 6.04 Å². The van der Waals surface area contributed by atoms with Crippen LogP contribution in [-0.4, -0.2) is 28.8 Å². The molecule has 29 heavy (non-hydrogen) atoms. The summed E-state index contributed by atoms with van der Waals surface area (Å²) in [4.78, 5) is 27.3. The van der Waals surface area contributed by atoms with Crippen molar-refractivity contribution in [3.05, 3.63) is 67.6 Å². The van der Waals surface area contributed by atoms with Crippen LogP contribution < -0.4 is 5.32 Å². The second-order valence-corrected chi connectivity index (χ2v) is 8.62. The number of nitrogens with one attached hydrogen (secondary N) is 1. The van der Waals surface area contributed by atoms with Crippen LogP contribution in [-0.2, 0) is 22.6 Å². The van der Waals surface area contributed by atoms with Crippen molar-refractivity contribution in [3.8, 4) is 0 Å². The van der Waals surface area contributed by atoms with E-state index in [-0.39, 0.29) is 30.8 Å². The van der Waals surface area contributed by atoms with Crippen LogP contribution in [0.1, 0.15) is 31.9 Å². The van der Waals surface area contributed by atoms with Crippen LogP contribution in [0.5, 0.6) is 0 Å². The molecule has 156 valence electrons. The van der Waals surface area contributed by atoms with Gasteiger partial charge in [-0.15, -0.1) is 0 Å². The zero-order valence-electron chi connectivity index (χ0n) is 16.3. The van der Waals surface area contributed by atoms with E-state index in [4.69, 9.17) is 46.4 Å². The highest BCUT2D eigenvalue weighted by atomic mass is 35.5. The molecule has 0 saturated carbocycles. The van der Waals surface area contributed by atoms with Crippen molar-refractivity contribution in [2.24, 2.45) is 0 Å². The molecule has 0 heterocycles. The fourth-order valence-corrected chi connectivity index (χ4v) is 3.63. The highest BCUT2D eigenvalue weighted by Crippen LogP contribution is 2.27. The molecule has 1 N–H and O–H groups in total. The predicted molar refractivity (Wildman–Crippen MR) is 120 cm³/mol. The molecule has 0 unspecified atom stereocenters. The summed E-state index contributed by atoms with van der Waals surface area (Å²) in [5, 5.41) is 4.44. The summed E-state index contributed by atoms with van der Waals surface area (Å²) >= 11 is 24.5. The maximum absolute atomic E-state index is 13.2. The van der Waals surface area contributed by atoms with Gasteiger partial charge in [0, 0.05) is 22.6 Å². The SMILES string of the molecule is CC(C)NC(=O)[C@@H](C)N(Cc1ccc(Cl)c(Cl)c1)C(=O)Cc1c(Cl)cccc1Cl. The number of nitrogens with zero attached hydrogens (tertiary/aromatic N) is 1. The Morgan fingerprint density at radius 1 is 0.931 bits per heavy atom. The lowest BCUT2D eigenvalue weighted by Gasteiger charge is -2.30. The summed E-state index contributed by atoms with van der Waals surface area (Å²) in [6.45, 7) is 5.59. The largest absolute Gasteiger partial charge is 0.352 e. The van der Waals surface area contributed by atoms with Gasteiger partial charge in [-0.05, 0) is 56.2 Å². The molecular formula is C21H22Cl4N2O2. The van der Waals surface area contributed by atoms with Gasteiger partial charge in [0.2, 0.25) is 11.8 Å². The average molecular weight is 476 g/mol. The molecule has 0 aliphatic rings. The van der Waals surface area contributed by atoms with Crippen molar-refractivity contribution in [2.75, 3.05) is 0 Å². The lowest BCUT2D eigenvalue weighted by atomic mass is 10.1. The minimum absolute atomic E-state index is 0.0286. The number of rotatable bonds is 7. The van der Waals surface area contributed by atoms with Gasteiger partial charge in [0.25, 0.3) is 0 Å². The molecule has 0 aliphatic carbocycles. The predicted octanol–water partition coefficient (Wildman–Crippen LogP) is 5.78. The molecule has 0 aliphatic heterocycles. The van der Waals surface area contributed by atoms with Gasteiger partial charge in [-0.1, -0.05) is 58.5 Å². The molecule has 4 nitrogen and oxygen atoms in total. The van der Waals surface area contributed by atoms with Gasteiger partial charge < -0.3 is 10.2 Å². The molecule has 0 radical (unpaired) electrons. The topological polar surface area (TPSA) is 49.4 Å². The summed E-state index contributed by atoms with van der Waals surface area (Å²) in [6, 6.07) is 9.41. The van der Waals surface area contributed by atoms with E-state index in [1.165, 1.54) is 4.90 Å². The van der Waals surface area contributed by atoms with Gasteiger partial charge in [0.05, 0.1) is 16.5 Å². The summed E-state index contributed by atoms with van der Waals surface area (Å²) < 4.78 is 0. The van der Waals surface area contributed by atoms with Crippen LogP contribution in [0.3, 0.4) is 0 Å². The van der Waals surface area contributed by atoms with Gasteiger partial charge in [-0.2, -0.15) is 0 Å². The number of carbonyl (C=O) groups is 2. The van der Waals surface area contributed by atoms with E-state index in [1.807, 2.05) is 13.8 Å². The maximum Gasteiger partial charge on any atom is 0.242 e. The molecule has 0 spiro atoms. The Bertz CT molecular complexity index is 882. The molecule has 0 bridgehead atoms. The van der Waals surface area contributed by atoms with E-state index in [2.05, 4.69) is 5.32 Å². The Morgan fingerprint density at radius 2 is 1.55 bits per heavy atom. The molecule has 1 atom stereocenters. The van der Waals surface area contributed by atoms with E-state index in [1.54, 1.807) is 43.3 Å². The van der Waals surface area contributed by atoms with Crippen LogP contribution in [0, 0.1) is 0 Å². The Balaban J connectivity index is 2.33. The van der Waals surface area contributed by atoms with E-state index >= 15 is 0 Å². The quantitative estimate of drug-likeness (QED) is 0.551. The molecule has 0 saturated heterocycles. The summed E-state index contributed by atoms with van der Waals surface area (Å²) in [5.74, 6) is -0.531. The molecular weight excluding hydrogens is 454 g/mol. The van der Waals surface area contributed by atoms with Crippen molar-refractivity contribution in [2.45, 2.75) is 45.8 Å². The maximum atomic E-state index is 13.2. The molecule has 0 aromatic heterocycles. The van der Waals surface area contributed by atoms with E-state index in [9.17, 15) is 9.59 Å². The van der Waals surface area contributed by atoms with Crippen LogP contribution in [0.4, 0.5) is 0 Å². The Kier molecular flexibility index (Phi) is 8.65. The summed E-state index contributed by atoms with van der Waals surface area (Å²) in [6.07, 6.45) is -0.0286. The van der Waals surface area contributed by atoms with Crippen LogP contribution >= 0.6 is 46.4 Å². The Hall–Kier alpha value is -1.46. The molecule has 2 aromatic carbocycles. The first-order valence-corrected chi connectivity index (χ1v) is 10.6. The van der Waals surface area contributed by atoms with Crippen molar-refractivity contribution >= 4 is 58.2 Å². The van der Waals surface area contributed by atoms with Crippen LogP contribution in [0.25, 0.3) is 0 Å². The molecule has 2 amide bonds. The van der Waals surface area contributed by atoms with E-state index in [0.29, 0.717) is 25.7 Å². The van der Waals surface area contributed by atoms with Crippen molar-refractivity contribution < 1.29 is 9.59 Å². The number of benzene rings is 2. The van der Waals surface area contributed by atoms with Gasteiger partial charge in [-0.3, -0.25) is 9.59 Å². The van der Waals surface area contributed by atoms with Crippen molar-refractivity contribution in [1.29, 1.82) is 0 Å². The number of hydrogen-bond donors (Lipinski definition) is 1. The lowest BCUT2D eigenvalue weighted by Crippen LogP contribution is -2.49. The van der Waals surface area contributed by atoms with Gasteiger partial charge in [-0.25, -0.2) is 0 Å². The zero-order valence-corrected chi connectivity index (χ0v) is 19.3. The minimum atomic E-state index is -0.708. The number of carbonyl (C=O) groups excluding carboxylic acids is 2. The third kappa shape index (κ3) is 6.51. The third-order valence-corrected chi connectivity index (χ3v) is 5.77. The van der Waals surface area contributed by atoms with Gasteiger partial charge >= 0.3 is 0 Å². The first kappa shape index (κ1) is 23.8. The fraction of sp³-hybridized carbons (Fsp3) is 0.333. The Labute approximate surface area is 191 Å². The third-order valence-electron chi connectivity index (χ3n) is 4.32. The monoisotopic (exact) mass is 474 g/mol. The van der Waals surface area contributed by atoms with Crippen LogP contribution in [0.2, 0.25) is 20.1 Å². The highest BCUT2D eigenvalue weighted by molar-refractivity contribution is 6.42. The standard InChI is InChI=1S/C21H22Cl4N2O2/c1-12(2)26-21(29)13(3)27(11-14-7-8-18(24)19(25)9-14)20(28)10-15-16(22)5-4-6-17(15)23/h4-9,12-13H,10-11H2,1-3H3,(H,26,29)/t13-/m1/s1. The molecule has 8 heteroatoms. The van der Waals surface area contributed by atoms with Gasteiger partial charge in [0.15, 0.2) is 0 Å². The number of amides is 2. The summed E-state index contributed by atoms with van der Waals surface area (Å²) in [7, 11) is 0. The van der Waals surface area contributed by atoms with Crippen LogP contribution in [0.15, 0.2) is 36.4 Å². The lowest BCUT2D eigenvalue weighted by molar-refractivity contribution is -0.140. The van der Waals surface area contributed by atoms with E-state index in [0.717, 1.165) is 5.56 Å². The Morgan fingerprint density at radius 3 is 2.10 bits per heavy atom. The number of hydrogen-bond acceptors (Lipinski definition) is 2. The first-order valence-electron chi connectivity index (χ1n) is 9.06. The second kappa shape index (κ2) is 10.5. The average Bonchev–Trinajstić information content (AvgIpc) is 2.64. The highest BCUT2D eigenvalue weighted by Gasteiger charge is 2.27. The fourth-order valence-electron chi connectivity index (χ4n) is 2.78. The zero-order chi connectivity index (χ0) is 21.7. The molecule has 2 aromatic rings. The normalized spacial score (nSPS) is 12.0. The first-order chi connectivity index (χ1) is 13.6. The smallest absolute Gasteiger partial charge is 0.242 e.